The summed E-state index contributed by atoms with van der Waals surface area (Å²) >= 11 is 0. The minimum Gasteiger partial charge on any atom is -0.487 e. The minimum atomic E-state index is -3.58. The van der Waals surface area contributed by atoms with Crippen LogP contribution in [0.4, 0.5) is 0 Å². The van der Waals surface area contributed by atoms with E-state index in [0.717, 1.165) is 12.2 Å². The van der Waals surface area contributed by atoms with Crippen LogP contribution in [0.15, 0.2) is 35.9 Å². The molecule has 7 nitrogen and oxygen atoms in total. The average Bonchev–Trinajstić information content (AvgIpc) is 3.19. The molecule has 0 aliphatic carbocycles. The Bertz CT molecular complexity index is 815. The average molecular weight is 364 g/mol. The van der Waals surface area contributed by atoms with Crippen molar-refractivity contribution in [2.24, 2.45) is 5.92 Å². The van der Waals surface area contributed by atoms with E-state index in [2.05, 4.69) is 23.8 Å². The molecule has 0 N–H and O–H groups in total. The van der Waals surface area contributed by atoms with E-state index in [9.17, 15) is 8.42 Å². The predicted octanol–water partition coefficient (Wildman–Crippen LogP) is 2.08. The van der Waals surface area contributed by atoms with E-state index in [0.29, 0.717) is 31.2 Å². The Labute approximate surface area is 148 Å². The van der Waals surface area contributed by atoms with Crippen molar-refractivity contribution in [3.8, 4) is 5.75 Å². The first-order valence-corrected chi connectivity index (χ1v) is 9.90. The maximum atomic E-state index is 12.8. The summed E-state index contributed by atoms with van der Waals surface area (Å²) in [5, 5.41) is 0.103. The fourth-order valence-electron chi connectivity index (χ4n) is 2.86. The van der Waals surface area contributed by atoms with Crippen molar-refractivity contribution in [2.75, 3.05) is 13.1 Å². The number of rotatable bonds is 6. The van der Waals surface area contributed by atoms with Crippen LogP contribution in [-0.4, -0.2) is 46.5 Å². The van der Waals surface area contributed by atoms with Gasteiger partial charge in [-0.3, -0.25) is 4.98 Å². The Hall–Kier alpha value is -1.93. The zero-order valence-corrected chi connectivity index (χ0v) is 15.6. The third-order valence-corrected chi connectivity index (χ3v) is 5.84. The third kappa shape index (κ3) is 4.19. The number of hydrogen-bond acceptors (Lipinski definition) is 5. The van der Waals surface area contributed by atoms with E-state index in [1.807, 2.05) is 23.6 Å². The highest BCUT2D eigenvalue weighted by Gasteiger charge is 2.35. The zero-order chi connectivity index (χ0) is 18.0. The van der Waals surface area contributed by atoms with Gasteiger partial charge < -0.3 is 9.30 Å². The lowest BCUT2D eigenvalue weighted by molar-refractivity contribution is 0.214. The van der Waals surface area contributed by atoms with Gasteiger partial charge in [0.25, 0.3) is 10.0 Å². The second-order valence-electron chi connectivity index (χ2n) is 6.83. The molecule has 1 fully saturated rings. The van der Waals surface area contributed by atoms with Crippen LogP contribution in [0.2, 0.25) is 0 Å². The molecule has 8 heteroatoms. The number of sulfonamides is 1. The first-order chi connectivity index (χ1) is 11.8. The number of aryl methyl sites for hydroxylation is 1. The van der Waals surface area contributed by atoms with Gasteiger partial charge in [0, 0.05) is 25.0 Å². The number of imidazole rings is 1. The highest BCUT2D eigenvalue weighted by molar-refractivity contribution is 7.89. The maximum Gasteiger partial charge on any atom is 0.262 e. The van der Waals surface area contributed by atoms with E-state index in [4.69, 9.17) is 4.74 Å². The standard InChI is InChI=1S/C17H24N4O3S/c1-13(2)9-20-11-17(19-12-20)25(22,23)21-7-6-16(10-21)24-15-5-4-14(3)18-8-15/h4-5,8,11-13,16H,6-7,9-10H2,1-3H3/t16-/m0/s1. The van der Waals surface area contributed by atoms with E-state index in [-0.39, 0.29) is 11.1 Å². The molecular formula is C17H24N4O3S. The molecule has 0 bridgehead atoms. The fourth-order valence-corrected chi connectivity index (χ4v) is 4.28. The summed E-state index contributed by atoms with van der Waals surface area (Å²) in [6.45, 7) is 7.57. The second-order valence-corrected chi connectivity index (χ2v) is 8.71. The van der Waals surface area contributed by atoms with Gasteiger partial charge >= 0.3 is 0 Å². The molecule has 0 aromatic carbocycles. The molecule has 2 aromatic rings. The van der Waals surface area contributed by atoms with Gasteiger partial charge in [0.1, 0.15) is 11.9 Å². The molecule has 0 saturated carbocycles. The summed E-state index contributed by atoms with van der Waals surface area (Å²) in [6.07, 6.45) is 5.33. The van der Waals surface area contributed by atoms with Gasteiger partial charge in [-0.15, -0.1) is 0 Å². The lowest BCUT2D eigenvalue weighted by Gasteiger charge is -2.16. The molecule has 136 valence electrons. The summed E-state index contributed by atoms with van der Waals surface area (Å²) in [5.41, 5.74) is 0.917. The Morgan fingerprint density at radius 3 is 2.80 bits per heavy atom. The van der Waals surface area contributed by atoms with Gasteiger partial charge in [0.15, 0.2) is 5.03 Å². The van der Waals surface area contributed by atoms with Crippen LogP contribution in [0.3, 0.4) is 0 Å². The van der Waals surface area contributed by atoms with Crippen molar-refractivity contribution >= 4 is 10.0 Å². The monoisotopic (exact) mass is 364 g/mol. The molecule has 0 spiro atoms. The first kappa shape index (κ1) is 17.9. The summed E-state index contributed by atoms with van der Waals surface area (Å²) in [5.74, 6) is 1.09. The topological polar surface area (TPSA) is 77.3 Å². The number of aromatic nitrogens is 3. The van der Waals surface area contributed by atoms with E-state index >= 15 is 0 Å². The molecule has 1 saturated heterocycles. The number of ether oxygens (including phenoxy) is 1. The van der Waals surface area contributed by atoms with Gasteiger partial charge in [-0.2, -0.15) is 4.31 Å². The summed E-state index contributed by atoms with van der Waals surface area (Å²) < 4.78 is 34.6. The molecule has 25 heavy (non-hydrogen) atoms. The van der Waals surface area contributed by atoms with Crippen molar-refractivity contribution in [1.82, 2.24) is 18.8 Å². The number of pyridine rings is 1. The molecule has 0 unspecified atom stereocenters. The van der Waals surface area contributed by atoms with Gasteiger partial charge in [-0.1, -0.05) is 13.8 Å². The Morgan fingerprint density at radius 1 is 1.32 bits per heavy atom. The van der Waals surface area contributed by atoms with Gasteiger partial charge in [0.2, 0.25) is 0 Å². The molecule has 3 heterocycles. The molecule has 1 atom stereocenters. The number of nitrogens with zero attached hydrogens (tertiary/aromatic N) is 4. The first-order valence-electron chi connectivity index (χ1n) is 8.46. The maximum absolute atomic E-state index is 12.8. The van der Waals surface area contributed by atoms with E-state index in [1.165, 1.54) is 4.31 Å². The lowest BCUT2D eigenvalue weighted by Crippen LogP contribution is -2.31. The van der Waals surface area contributed by atoms with Crippen molar-refractivity contribution in [3.63, 3.8) is 0 Å². The van der Waals surface area contributed by atoms with Crippen molar-refractivity contribution in [3.05, 3.63) is 36.5 Å². The molecule has 1 aliphatic heterocycles. The van der Waals surface area contributed by atoms with Crippen LogP contribution in [0.25, 0.3) is 0 Å². The minimum absolute atomic E-state index is 0.103. The van der Waals surface area contributed by atoms with Crippen LogP contribution in [0, 0.1) is 12.8 Å². The summed E-state index contributed by atoms with van der Waals surface area (Å²) in [4.78, 5) is 8.28. The molecule has 3 rings (SSSR count). The number of hydrogen-bond donors (Lipinski definition) is 0. The van der Waals surface area contributed by atoms with Crippen LogP contribution < -0.4 is 4.74 Å². The quantitative estimate of drug-likeness (QED) is 0.784. The second kappa shape index (κ2) is 7.13. The van der Waals surface area contributed by atoms with Crippen LogP contribution in [0.5, 0.6) is 5.75 Å². The Morgan fingerprint density at radius 2 is 2.12 bits per heavy atom. The molecular weight excluding hydrogens is 340 g/mol. The van der Waals surface area contributed by atoms with Gasteiger partial charge in [-0.25, -0.2) is 13.4 Å². The molecule has 2 aromatic heterocycles. The highest BCUT2D eigenvalue weighted by atomic mass is 32.2. The lowest BCUT2D eigenvalue weighted by atomic mass is 10.2. The summed E-state index contributed by atoms with van der Waals surface area (Å²) in [6, 6.07) is 3.73. The van der Waals surface area contributed by atoms with Crippen molar-refractivity contribution < 1.29 is 13.2 Å². The molecule has 0 radical (unpaired) electrons. The highest BCUT2D eigenvalue weighted by Crippen LogP contribution is 2.23. The van der Waals surface area contributed by atoms with Gasteiger partial charge in [-0.05, 0) is 31.4 Å². The molecule has 1 aliphatic rings. The smallest absolute Gasteiger partial charge is 0.262 e. The van der Waals surface area contributed by atoms with E-state index in [1.54, 1.807) is 18.7 Å². The van der Waals surface area contributed by atoms with Gasteiger partial charge in [0.05, 0.1) is 19.1 Å². The predicted molar refractivity (Wildman–Crippen MR) is 93.8 cm³/mol. The van der Waals surface area contributed by atoms with Crippen molar-refractivity contribution in [2.45, 2.75) is 44.9 Å². The largest absolute Gasteiger partial charge is 0.487 e. The Kier molecular flexibility index (Phi) is 5.10. The zero-order valence-electron chi connectivity index (χ0n) is 14.8. The SMILES string of the molecule is Cc1ccc(O[C@H]2CCN(S(=O)(=O)c3cn(CC(C)C)cn3)C2)cn1. The van der Waals surface area contributed by atoms with Crippen molar-refractivity contribution in [1.29, 1.82) is 0 Å². The fraction of sp³-hybridized carbons (Fsp3) is 0.529. The van der Waals surface area contributed by atoms with Crippen LogP contribution >= 0.6 is 0 Å². The summed E-state index contributed by atoms with van der Waals surface area (Å²) in [7, 11) is -3.58. The van der Waals surface area contributed by atoms with E-state index < -0.39 is 10.0 Å². The van der Waals surface area contributed by atoms with Crippen LogP contribution in [0.1, 0.15) is 26.0 Å². The Balaban J connectivity index is 1.65. The normalized spacial score (nSPS) is 18.8. The van der Waals surface area contributed by atoms with Crippen LogP contribution in [-0.2, 0) is 16.6 Å². The third-order valence-electron chi connectivity index (χ3n) is 4.08. The molecule has 0 amide bonds.